The lowest BCUT2D eigenvalue weighted by atomic mass is 9.86. The number of hydrogen-bond acceptors (Lipinski definition) is 5. The first-order chi connectivity index (χ1) is 9.51. The van der Waals surface area contributed by atoms with Gasteiger partial charge in [0.15, 0.2) is 0 Å². The van der Waals surface area contributed by atoms with Crippen molar-refractivity contribution in [1.29, 1.82) is 0 Å². The summed E-state index contributed by atoms with van der Waals surface area (Å²) in [5.74, 6) is -0.924. The largest absolute Gasteiger partial charge is 0.469 e. The molecule has 1 unspecified atom stereocenters. The van der Waals surface area contributed by atoms with E-state index in [1.807, 2.05) is 6.07 Å². The van der Waals surface area contributed by atoms with Crippen LogP contribution in [0.1, 0.15) is 31.7 Å². The molecule has 0 spiro atoms. The average Bonchev–Trinajstić information content (AvgIpc) is 2.46. The van der Waals surface area contributed by atoms with Gasteiger partial charge in [-0.3, -0.25) is 9.59 Å². The maximum atomic E-state index is 11.5. The van der Waals surface area contributed by atoms with E-state index in [1.165, 1.54) is 7.11 Å². The summed E-state index contributed by atoms with van der Waals surface area (Å²) in [7, 11) is 1.26. The number of rotatable bonds is 7. The van der Waals surface area contributed by atoms with E-state index in [2.05, 4.69) is 4.74 Å². The molecular formula is C15H20O5. The Bertz CT molecular complexity index is 443. The Morgan fingerprint density at radius 3 is 2.40 bits per heavy atom. The predicted molar refractivity (Wildman–Crippen MR) is 72.8 cm³/mol. The van der Waals surface area contributed by atoms with Gasteiger partial charge in [0.05, 0.1) is 20.1 Å². The second-order valence-electron chi connectivity index (χ2n) is 4.46. The summed E-state index contributed by atoms with van der Waals surface area (Å²) in [5.41, 5.74) is -0.851. The number of ether oxygens (including phenoxy) is 2. The van der Waals surface area contributed by atoms with Crippen molar-refractivity contribution in [2.75, 3.05) is 13.7 Å². The first-order valence-electron chi connectivity index (χ1n) is 6.52. The summed E-state index contributed by atoms with van der Waals surface area (Å²) in [5, 5.41) is 10.7. The summed E-state index contributed by atoms with van der Waals surface area (Å²) in [6.07, 6.45) is -0.0614. The standard InChI is InChI=1S/C15H20O5/c1-3-20-13(16)9-10-15(18,11-14(17)19-2)12-7-5-4-6-8-12/h4-8,18H,3,9-11H2,1-2H3. The van der Waals surface area contributed by atoms with E-state index >= 15 is 0 Å². The molecular weight excluding hydrogens is 260 g/mol. The summed E-state index contributed by atoms with van der Waals surface area (Å²) < 4.78 is 9.44. The zero-order chi connectivity index (χ0) is 15.0. The molecule has 5 heteroatoms. The first-order valence-corrected chi connectivity index (χ1v) is 6.52. The van der Waals surface area contributed by atoms with Crippen molar-refractivity contribution in [2.45, 2.75) is 31.8 Å². The fourth-order valence-corrected chi connectivity index (χ4v) is 1.94. The van der Waals surface area contributed by atoms with Gasteiger partial charge in [0.2, 0.25) is 0 Å². The van der Waals surface area contributed by atoms with Crippen molar-refractivity contribution >= 4 is 11.9 Å². The van der Waals surface area contributed by atoms with E-state index in [0.29, 0.717) is 12.2 Å². The SMILES string of the molecule is CCOC(=O)CCC(O)(CC(=O)OC)c1ccccc1. The molecule has 0 fully saturated rings. The molecule has 0 heterocycles. The van der Waals surface area contributed by atoms with Gasteiger partial charge in [0.25, 0.3) is 0 Å². The van der Waals surface area contributed by atoms with Gasteiger partial charge >= 0.3 is 11.9 Å². The van der Waals surface area contributed by atoms with Crippen LogP contribution in [0.4, 0.5) is 0 Å². The van der Waals surface area contributed by atoms with Gasteiger partial charge in [0.1, 0.15) is 5.60 Å². The molecule has 1 atom stereocenters. The van der Waals surface area contributed by atoms with Gasteiger partial charge in [-0.15, -0.1) is 0 Å². The number of esters is 2. The molecule has 1 aromatic carbocycles. The average molecular weight is 280 g/mol. The minimum absolute atomic E-state index is 0.0379. The van der Waals surface area contributed by atoms with Gasteiger partial charge in [-0.1, -0.05) is 30.3 Å². The number of hydrogen-bond donors (Lipinski definition) is 1. The lowest BCUT2D eigenvalue weighted by Gasteiger charge is -2.27. The molecule has 20 heavy (non-hydrogen) atoms. The van der Waals surface area contributed by atoms with Crippen LogP contribution in [-0.2, 0) is 24.7 Å². The zero-order valence-corrected chi connectivity index (χ0v) is 11.8. The lowest BCUT2D eigenvalue weighted by Crippen LogP contribution is -2.30. The Hall–Kier alpha value is -1.88. The summed E-state index contributed by atoms with van der Waals surface area (Å²) >= 11 is 0. The number of carbonyl (C=O) groups is 2. The predicted octanol–water partition coefficient (Wildman–Crippen LogP) is 1.78. The second-order valence-corrected chi connectivity index (χ2v) is 4.46. The molecule has 1 rings (SSSR count). The Labute approximate surface area is 118 Å². The summed E-state index contributed by atoms with van der Waals surface area (Å²) in [6, 6.07) is 8.78. The third kappa shape index (κ3) is 4.66. The van der Waals surface area contributed by atoms with Crippen LogP contribution in [-0.4, -0.2) is 30.8 Å². The van der Waals surface area contributed by atoms with Crippen LogP contribution in [0.2, 0.25) is 0 Å². The van der Waals surface area contributed by atoms with Crippen LogP contribution in [0.25, 0.3) is 0 Å². The van der Waals surface area contributed by atoms with E-state index in [-0.39, 0.29) is 19.3 Å². The Morgan fingerprint density at radius 1 is 1.20 bits per heavy atom. The van der Waals surface area contributed by atoms with E-state index < -0.39 is 17.5 Å². The molecule has 5 nitrogen and oxygen atoms in total. The zero-order valence-electron chi connectivity index (χ0n) is 11.8. The maximum absolute atomic E-state index is 11.5. The molecule has 0 aliphatic carbocycles. The molecule has 110 valence electrons. The smallest absolute Gasteiger partial charge is 0.308 e. The maximum Gasteiger partial charge on any atom is 0.308 e. The molecule has 0 aliphatic heterocycles. The van der Waals surface area contributed by atoms with Crippen LogP contribution in [0.3, 0.4) is 0 Å². The molecule has 1 aromatic rings. The molecule has 0 bridgehead atoms. The van der Waals surface area contributed by atoms with Crippen LogP contribution in [0.15, 0.2) is 30.3 Å². The number of carbonyl (C=O) groups excluding carboxylic acids is 2. The van der Waals surface area contributed by atoms with Crippen molar-refractivity contribution < 1.29 is 24.2 Å². The van der Waals surface area contributed by atoms with E-state index in [0.717, 1.165) is 0 Å². The Morgan fingerprint density at radius 2 is 1.85 bits per heavy atom. The van der Waals surface area contributed by atoms with Crippen LogP contribution >= 0.6 is 0 Å². The number of aliphatic hydroxyl groups is 1. The topological polar surface area (TPSA) is 72.8 Å². The highest BCUT2D eigenvalue weighted by atomic mass is 16.5. The van der Waals surface area contributed by atoms with Crippen LogP contribution < -0.4 is 0 Å². The third-order valence-corrected chi connectivity index (χ3v) is 3.02. The minimum atomic E-state index is -1.43. The number of methoxy groups -OCH3 is 1. The van der Waals surface area contributed by atoms with E-state index in [9.17, 15) is 14.7 Å². The summed E-state index contributed by atoms with van der Waals surface area (Å²) in [4.78, 5) is 22.9. The fraction of sp³-hybridized carbons (Fsp3) is 0.467. The Kier molecular flexibility index (Phi) is 6.18. The molecule has 1 N–H and O–H groups in total. The van der Waals surface area contributed by atoms with Crippen LogP contribution in [0.5, 0.6) is 0 Å². The molecule has 0 saturated carbocycles. The molecule has 0 amide bonds. The van der Waals surface area contributed by atoms with Crippen molar-refractivity contribution in [3.63, 3.8) is 0 Å². The van der Waals surface area contributed by atoms with Crippen molar-refractivity contribution in [3.8, 4) is 0 Å². The summed E-state index contributed by atoms with van der Waals surface area (Å²) in [6.45, 7) is 2.01. The van der Waals surface area contributed by atoms with Crippen LogP contribution in [0, 0.1) is 0 Å². The quantitative estimate of drug-likeness (QED) is 0.771. The first kappa shape index (κ1) is 16.2. The van der Waals surface area contributed by atoms with Crippen molar-refractivity contribution in [3.05, 3.63) is 35.9 Å². The molecule has 0 aromatic heterocycles. The normalized spacial score (nSPS) is 13.3. The van der Waals surface area contributed by atoms with Gasteiger partial charge in [-0.25, -0.2) is 0 Å². The molecule has 0 saturated heterocycles. The van der Waals surface area contributed by atoms with Crippen molar-refractivity contribution in [2.24, 2.45) is 0 Å². The molecule has 0 radical (unpaired) electrons. The van der Waals surface area contributed by atoms with Gasteiger partial charge in [0, 0.05) is 6.42 Å². The lowest BCUT2D eigenvalue weighted by molar-refractivity contribution is -0.150. The Balaban J connectivity index is 2.84. The highest BCUT2D eigenvalue weighted by molar-refractivity contribution is 5.72. The van der Waals surface area contributed by atoms with Gasteiger partial charge < -0.3 is 14.6 Å². The third-order valence-electron chi connectivity index (χ3n) is 3.02. The monoisotopic (exact) mass is 280 g/mol. The van der Waals surface area contributed by atoms with E-state index in [1.54, 1.807) is 31.2 Å². The minimum Gasteiger partial charge on any atom is -0.469 e. The molecule has 0 aliphatic rings. The highest BCUT2D eigenvalue weighted by Gasteiger charge is 2.33. The second kappa shape index (κ2) is 7.65. The highest BCUT2D eigenvalue weighted by Crippen LogP contribution is 2.30. The van der Waals surface area contributed by atoms with Gasteiger partial charge in [-0.2, -0.15) is 0 Å². The fourth-order valence-electron chi connectivity index (χ4n) is 1.94. The van der Waals surface area contributed by atoms with E-state index in [4.69, 9.17) is 4.74 Å². The van der Waals surface area contributed by atoms with Gasteiger partial charge in [-0.05, 0) is 18.9 Å². The number of benzene rings is 1. The van der Waals surface area contributed by atoms with Crippen molar-refractivity contribution in [1.82, 2.24) is 0 Å².